The third-order valence-corrected chi connectivity index (χ3v) is 3.03. The van der Waals surface area contributed by atoms with E-state index in [0.29, 0.717) is 17.1 Å². The summed E-state index contributed by atoms with van der Waals surface area (Å²) in [6.45, 7) is 5.81. The quantitative estimate of drug-likeness (QED) is 0.847. The van der Waals surface area contributed by atoms with Gasteiger partial charge >= 0.3 is 0 Å². The maximum absolute atomic E-state index is 10.4. The molecule has 0 amide bonds. The molecule has 0 fully saturated rings. The summed E-state index contributed by atoms with van der Waals surface area (Å²) in [7, 11) is 0. The molecule has 0 saturated heterocycles. The summed E-state index contributed by atoms with van der Waals surface area (Å²) >= 11 is 0. The highest BCUT2D eigenvalue weighted by Crippen LogP contribution is 2.28. The van der Waals surface area contributed by atoms with Gasteiger partial charge in [0.25, 0.3) is 0 Å². The maximum Gasteiger partial charge on any atom is 0.129 e. The number of aryl methyl sites for hydroxylation is 3. The summed E-state index contributed by atoms with van der Waals surface area (Å²) in [5, 5.41) is 10.4. The molecule has 3 N–H and O–H groups in total. The van der Waals surface area contributed by atoms with E-state index in [1.165, 1.54) is 0 Å². The Morgan fingerprint density at radius 2 is 1.89 bits per heavy atom. The molecule has 18 heavy (non-hydrogen) atoms. The lowest BCUT2D eigenvalue weighted by Gasteiger charge is -2.16. The van der Waals surface area contributed by atoms with Crippen LogP contribution in [0.2, 0.25) is 0 Å². The average Bonchev–Trinajstić information content (AvgIpc) is 2.28. The van der Waals surface area contributed by atoms with Crippen LogP contribution in [0.1, 0.15) is 34.1 Å². The molecular formula is C14H17N3O. The van der Waals surface area contributed by atoms with E-state index < -0.39 is 6.10 Å². The second kappa shape index (κ2) is 4.74. The molecule has 0 bridgehead atoms. The number of aromatic nitrogens is 2. The predicted octanol–water partition coefficient (Wildman–Crippen LogP) is 2.07. The molecule has 1 unspecified atom stereocenters. The van der Waals surface area contributed by atoms with E-state index in [1.807, 2.05) is 32.9 Å². The van der Waals surface area contributed by atoms with Crippen molar-refractivity contribution in [3.63, 3.8) is 0 Å². The summed E-state index contributed by atoms with van der Waals surface area (Å²) in [4.78, 5) is 8.33. The van der Waals surface area contributed by atoms with E-state index in [-0.39, 0.29) is 0 Å². The van der Waals surface area contributed by atoms with Gasteiger partial charge in [-0.05, 0) is 43.5 Å². The minimum Gasteiger partial charge on any atom is -0.383 e. The van der Waals surface area contributed by atoms with Crippen molar-refractivity contribution in [2.45, 2.75) is 26.9 Å². The number of nitrogens with zero attached hydrogens (tertiary/aromatic N) is 2. The lowest BCUT2D eigenvalue weighted by Crippen LogP contribution is -2.10. The topological polar surface area (TPSA) is 72.0 Å². The Morgan fingerprint density at radius 1 is 1.17 bits per heavy atom. The number of aliphatic hydroxyl groups is 1. The van der Waals surface area contributed by atoms with Crippen molar-refractivity contribution < 1.29 is 5.11 Å². The van der Waals surface area contributed by atoms with Crippen LogP contribution in [-0.4, -0.2) is 15.1 Å². The molecular weight excluding hydrogens is 226 g/mol. The van der Waals surface area contributed by atoms with Crippen LogP contribution in [0.4, 0.5) is 5.82 Å². The molecule has 2 rings (SSSR count). The van der Waals surface area contributed by atoms with Crippen LogP contribution >= 0.6 is 0 Å². The summed E-state index contributed by atoms with van der Waals surface area (Å²) in [5.74, 6) is 0.351. The van der Waals surface area contributed by atoms with Crippen molar-refractivity contribution in [3.8, 4) is 0 Å². The van der Waals surface area contributed by atoms with E-state index >= 15 is 0 Å². The Hall–Kier alpha value is -1.94. The largest absolute Gasteiger partial charge is 0.383 e. The molecule has 0 radical (unpaired) electrons. The van der Waals surface area contributed by atoms with E-state index in [1.54, 1.807) is 12.4 Å². The van der Waals surface area contributed by atoms with Gasteiger partial charge in [-0.2, -0.15) is 0 Å². The zero-order valence-electron chi connectivity index (χ0n) is 10.8. The number of pyridine rings is 2. The first kappa shape index (κ1) is 12.5. The number of nitrogens with two attached hydrogens (primary N) is 1. The standard InChI is InChI=1S/C14H17N3O/c1-8-6-10(3)12(17-7-8)13(18)11-9(2)4-5-16-14(11)15/h4-7,13,18H,1-3H3,(H2,15,16). The Kier molecular flexibility index (Phi) is 3.30. The van der Waals surface area contributed by atoms with Crippen molar-refractivity contribution >= 4 is 5.82 Å². The molecule has 0 aliphatic rings. The Morgan fingerprint density at radius 3 is 2.50 bits per heavy atom. The fraction of sp³-hybridized carbons (Fsp3) is 0.286. The summed E-state index contributed by atoms with van der Waals surface area (Å²) in [6.07, 6.45) is 2.54. The van der Waals surface area contributed by atoms with Gasteiger partial charge in [0.05, 0.1) is 5.69 Å². The van der Waals surface area contributed by atoms with Crippen LogP contribution in [0, 0.1) is 20.8 Å². The van der Waals surface area contributed by atoms with Gasteiger partial charge in [0.2, 0.25) is 0 Å². The lowest BCUT2D eigenvalue weighted by atomic mass is 9.99. The monoisotopic (exact) mass is 243 g/mol. The number of hydrogen-bond donors (Lipinski definition) is 2. The maximum atomic E-state index is 10.4. The van der Waals surface area contributed by atoms with Gasteiger partial charge in [0.15, 0.2) is 0 Å². The van der Waals surface area contributed by atoms with Crippen LogP contribution in [0.25, 0.3) is 0 Å². The minimum atomic E-state index is -0.834. The van der Waals surface area contributed by atoms with Crippen LogP contribution in [-0.2, 0) is 0 Å². The Balaban J connectivity index is 2.51. The van der Waals surface area contributed by atoms with Crippen LogP contribution in [0.3, 0.4) is 0 Å². The third kappa shape index (κ3) is 2.19. The molecule has 0 aromatic carbocycles. The average molecular weight is 243 g/mol. The van der Waals surface area contributed by atoms with Crippen molar-refractivity contribution in [1.29, 1.82) is 0 Å². The molecule has 0 aliphatic heterocycles. The van der Waals surface area contributed by atoms with Crippen molar-refractivity contribution in [2.75, 3.05) is 5.73 Å². The summed E-state index contributed by atoms with van der Waals surface area (Å²) < 4.78 is 0. The molecule has 0 aliphatic carbocycles. The molecule has 0 saturated carbocycles. The van der Waals surface area contributed by atoms with Gasteiger partial charge in [-0.25, -0.2) is 4.98 Å². The molecule has 94 valence electrons. The zero-order chi connectivity index (χ0) is 13.3. The van der Waals surface area contributed by atoms with Gasteiger partial charge < -0.3 is 10.8 Å². The van der Waals surface area contributed by atoms with E-state index in [2.05, 4.69) is 9.97 Å². The second-order valence-electron chi connectivity index (χ2n) is 4.54. The number of rotatable bonds is 2. The van der Waals surface area contributed by atoms with Crippen molar-refractivity contribution in [2.24, 2.45) is 0 Å². The first-order chi connectivity index (χ1) is 8.50. The Bertz CT molecular complexity index is 561. The number of hydrogen-bond acceptors (Lipinski definition) is 4. The first-order valence-corrected chi connectivity index (χ1v) is 5.83. The number of aliphatic hydroxyl groups excluding tert-OH is 1. The minimum absolute atomic E-state index is 0.351. The number of anilines is 1. The molecule has 2 aromatic rings. The fourth-order valence-electron chi connectivity index (χ4n) is 2.10. The predicted molar refractivity (Wildman–Crippen MR) is 71.2 cm³/mol. The van der Waals surface area contributed by atoms with E-state index in [9.17, 15) is 5.11 Å². The highest BCUT2D eigenvalue weighted by Gasteiger charge is 2.19. The highest BCUT2D eigenvalue weighted by molar-refractivity contribution is 5.48. The Labute approximate surface area is 107 Å². The van der Waals surface area contributed by atoms with Crippen molar-refractivity contribution in [3.05, 3.63) is 52.5 Å². The SMILES string of the molecule is Cc1cnc(C(O)c2c(C)ccnc2N)c(C)c1. The number of nitrogen functional groups attached to an aromatic ring is 1. The van der Waals surface area contributed by atoms with Gasteiger partial charge in [-0.3, -0.25) is 4.98 Å². The molecule has 4 heteroatoms. The third-order valence-electron chi connectivity index (χ3n) is 3.03. The van der Waals surface area contributed by atoms with Gasteiger partial charge in [-0.1, -0.05) is 6.07 Å². The summed E-state index contributed by atoms with van der Waals surface area (Å²) in [6, 6.07) is 3.83. The normalized spacial score (nSPS) is 12.4. The van der Waals surface area contributed by atoms with Gasteiger partial charge in [-0.15, -0.1) is 0 Å². The highest BCUT2D eigenvalue weighted by atomic mass is 16.3. The lowest BCUT2D eigenvalue weighted by molar-refractivity contribution is 0.214. The first-order valence-electron chi connectivity index (χ1n) is 5.83. The smallest absolute Gasteiger partial charge is 0.129 e. The second-order valence-corrected chi connectivity index (χ2v) is 4.54. The molecule has 0 spiro atoms. The molecule has 2 heterocycles. The van der Waals surface area contributed by atoms with Crippen LogP contribution < -0.4 is 5.73 Å². The molecule has 1 atom stereocenters. The van der Waals surface area contributed by atoms with Gasteiger partial charge in [0, 0.05) is 18.0 Å². The molecule has 2 aromatic heterocycles. The van der Waals surface area contributed by atoms with Crippen LogP contribution in [0.15, 0.2) is 24.5 Å². The van der Waals surface area contributed by atoms with E-state index in [0.717, 1.165) is 16.7 Å². The van der Waals surface area contributed by atoms with Gasteiger partial charge in [0.1, 0.15) is 11.9 Å². The van der Waals surface area contributed by atoms with Crippen LogP contribution in [0.5, 0.6) is 0 Å². The zero-order valence-corrected chi connectivity index (χ0v) is 10.8. The fourth-order valence-corrected chi connectivity index (χ4v) is 2.10. The summed E-state index contributed by atoms with van der Waals surface area (Å²) in [5.41, 5.74) is 10.0. The van der Waals surface area contributed by atoms with E-state index in [4.69, 9.17) is 5.73 Å². The molecule has 4 nitrogen and oxygen atoms in total. The van der Waals surface area contributed by atoms with Crippen molar-refractivity contribution in [1.82, 2.24) is 9.97 Å².